The van der Waals surface area contributed by atoms with Gasteiger partial charge in [-0.1, -0.05) is 0 Å². The molecule has 1 atom stereocenters. The smallest absolute Gasteiger partial charge is 0.0546 e. The molecule has 0 bridgehead atoms. The summed E-state index contributed by atoms with van der Waals surface area (Å²) in [6.07, 6.45) is 1.20. The van der Waals surface area contributed by atoms with Crippen molar-refractivity contribution in [3.8, 4) is 0 Å². The van der Waals surface area contributed by atoms with Crippen molar-refractivity contribution < 1.29 is 0 Å². The number of hydrogen-bond donors (Lipinski definition) is 1. The van der Waals surface area contributed by atoms with E-state index in [0.29, 0.717) is 6.04 Å². The van der Waals surface area contributed by atoms with Gasteiger partial charge < -0.3 is 10.2 Å². The van der Waals surface area contributed by atoms with Crippen LogP contribution in [0.3, 0.4) is 0 Å². The Morgan fingerprint density at radius 1 is 1.62 bits per heavy atom. The molecule has 2 rings (SSSR count). The lowest BCUT2D eigenvalue weighted by Crippen LogP contribution is -2.35. The standard InChI is InChI=1S/C10H16N2S/c1-12(2)7-9-10-8(3-5-11-9)4-6-13-10/h4,6,9,11H,3,5,7H2,1-2H3/t9-/m0/s1. The van der Waals surface area contributed by atoms with Crippen LogP contribution in [0.15, 0.2) is 11.4 Å². The van der Waals surface area contributed by atoms with Crippen LogP contribution in [0, 0.1) is 0 Å². The number of likely N-dealkylation sites (N-methyl/N-ethyl adjacent to an activating group) is 1. The number of thiophene rings is 1. The molecule has 0 radical (unpaired) electrons. The lowest BCUT2D eigenvalue weighted by Gasteiger charge is -2.26. The number of fused-ring (bicyclic) bond motifs is 1. The number of hydrogen-bond acceptors (Lipinski definition) is 3. The minimum atomic E-state index is 0.554. The average Bonchev–Trinajstić information content (AvgIpc) is 2.51. The van der Waals surface area contributed by atoms with Crippen molar-refractivity contribution in [3.05, 3.63) is 21.9 Å². The Labute approximate surface area is 83.6 Å². The highest BCUT2D eigenvalue weighted by Gasteiger charge is 2.20. The van der Waals surface area contributed by atoms with Crippen LogP contribution in [-0.2, 0) is 6.42 Å². The van der Waals surface area contributed by atoms with E-state index < -0.39 is 0 Å². The summed E-state index contributed by atoms with van der Waals surface area (Å²) in [5, 5.41) is 5.77. The summed E-state index contributed by atoms with van der Waals surface area (Å²) in [6.45, 7) is 2.23. The molecule has 0 amide bonds. The van der Waals surface area contributed by atoms with Crippen molar-refractivity contribution in [1.29, 1.82) is 0 Å². The van der Waals surface area contributed by atoms with Gasteiger partial charge in [0.05, 0.1) is 6.04 Å². The third kappa shape index (κ3) is 1.93. The Kier molecular flexibility index (Phi) is 2.67. The summed E-state index contributed by atoms with van der Waals surface area (Å²) < 4.78 is 0. The molecule has 0 aromatic carbocycles. The van der Waals surface area contributed by atoms with Gasteiger partial charge >= 0.3 is 0 Å². The topological polar surface area (TPSA) is 15.3 Å². The molecule has 1 aromatic rings. The second-order valence-electron chi connectivity index (χ2n) is 3.83. The van der Waals surface area contributed by atoms with Crippen LogP contribution in [0.1, 0.15) is 16.5 Å². The predicted molar refractivity (Wildman–Crippen MR) is 57.3 cm³/mol. The monoisotopic (exact) mass is 196 g/mol. The molecule has 0 aliphatic carbocycles. The Bertz CT molecular complexity index is 280. The highest BCUT2D eigenvalue weighted by Crippen LogP contribution is 2.28. The summed E-state index contributed by atoms with van der Waals surface area (Å²) in [5.74, 6) is 0. The number of nitrogens with one attached hydrogen (secondary N) is 1. The van der Waals surface area contributed by atoms with Gasteiger partial charge in [-0.3, -0.25) is 0 Å². The minimum Gasteiger partial charge on any atom is -0.308 e. The number of rotatable bonds is 2. The van der Waals surface area contributed by atoms with Crippen LogP contribution in [0.2, 0.25) is 0 Å². The van der Waals surface area contributed by atoms with E-state index in [0.717, 1.165) is 13.1 Å². The van der Waals surface area contributed by atoms with E-state index in [1.54, 1.807) is 10.4 Å². The fourth-order valence-electron chi connectivity index (χ4n) is 1.85. The fraction of sp³-hybridized carbons (Fsp3) is 0.600. The predicted octanol–water partition coefficient (Wildman–Crippen LogP) is 1.50. The van der Waals surface area contributed by atoms with E-state index in [-0.39, 0.29) is 0 Å². The van der Waals surface area contributed by atoms with E-state index in [1.165, 1.54) is 6.42 Å². The number of nitrogens with zero attached hydrogens (tertiary/aromatic N) is 1. The van der Waals surface area contributed by atoms with Crippen LogP contribution in [0.5, 0.6) is 0 Å². The van der Waals surface area contributed by atoms with E-state index in [2.05, 4.69) is 35.8 Å². The first-order valence-corrected chi connectivity index (χ1v) is 5.59. The molecule has 0 unspecified atom stereocenters. The molecule has 1 aromatic heterocycles. The van der Waals surface area contributed by atoms with Gasteiger partial charge in [-0.2, -0.15) is 0 Å². The molecule has 0 saturated heterocycles. The second-order valence-corrected chi connectivity index (χ2v) is 4.78. The summed E-state index contributed by atoms with van der Waals surface area (Å²) in [5.41, 5.74) is 1.55. The van der Waals surface area contributed by atoms with Crippen molar-refractivity contribution in [2.45, 2.75) is 12.5 Å². The molecule has 13 heavy (non-hydrogen) atoms. The zero-order valence-electron chi connectivity index (χ0n) is 8.21. The van der Waals surface area contributed by atoms with Crippen LogP contribution in [-0.4, -0.2) is 32.1 Å². The Hall–Kier alpha value is -0.380. The lowest BCUT2D eigenvalue weighted by molar-refractivity contribution is 0.338. The largest absolute Gasteiger partial charge is 0.308 e. The minimum absolute atomic E-state index is 0.554. The highest BCUT2D eigenvalue weighted by atomic mass is 32.1. The zero-order valence-corrected chi connectivity index (χ0v) is 9.03. The van der Waals surface area contributed by atoms with Gasteiger partial charge in [0.15, 0.2) is 0 Å². The highest BCUT2D eigenvalue weighted by molar-refractivity contribution is 7.10. The Morgan fingerprint density at radius 3 is 3.23 bits per heavy atom. The van der Waals surface area contributed by atoms with Crippen molar-refractivity contribution in [3.63, 3.8) is 0 Å². The molecule has 0 fully saturated rings. The summed E-state index contributed by atoms with van der Waals surface area (Å²) in [4.78, 5) is 3.78. The van der Waals surface area contributed by atoms with Gasteiger partial charge in [-0.05, 0) is 44.1 Å². The normalized spacial score (nSPS) is 21.9. The van der Waals surface area contributed by atoms with Crippen molar-refractivity contribution in [2.24, 2.45) is 0 Å². The van der Waals surface area contributed by atoms with Crippen LogP contribution in [0.4, 0.5) is 0 Å². The third-order valence-electron chi connectivity index (χ3n) is 2.43. The molecule has 3 heteroatoms. The van der Waals surface area contributed by atoms with Gasteiger partial charge in [-0.15, -0.1) is 11.3 Å². The maximum absolute atomic E-state index is 3.56. The van der Waals surface area contributed by atoms with E-state index in [1.807, 2.05) is 11.3 Å². The summed E-state index contributed by atoms with van der Waals surface area (Å²) in [6, 6.07) is 2.82. The maximum atomic E-state index is 3.56. The van der Waals surface area contributed by atoms with Gasteiger partial charge in [0.2, 0.25) is 0 Å². The lowest BCUT2D eigenvalue weighted by atomic mass is 10.0. The first-order chi connectivity index (χ1) is 6.27. The molecule has 2 heterocycles. The maximum Gasteiger partial charge on any atom is 0.0546 e. The molecule has 2 nitrogen and oxygen atoms in total. The van der Waals surface area contributed by atoms with Gasteiger partial charge in [-0.25, -0.2) is 0 Å². The molecule has 1 aliphatic rings. The third-order valence-corrected chi connectivity index (χ3v) is 3.50. The van der Waals surface area contributed by atoms with E-state index in [4.69, 9.17) is 0 Å². The van der Waals surface area contributed by atoms with Crippen LogP contribution in [0.25, 0.3) is 0 Å². The quantitative estimate of drug-likeness (QED) is 0.771. The average molecular weight is 196 g/mol. The van der Waals surface area contributed by atoms with Crippen molar-refractivity contribution in [2.75, 3.05) is 27.2 Å². The van der Waals surface area contributed by atoms with Gasteiger partial charge in [0, 0.05) is 11.4 Å². The summed E-state index contributed by atoms with van der Waals surface area (Å²) in [7, 11) is 4.26. The first-order valence-electron chi connectivity index (χ1n) is 4.72. The van der Waals surface area contributed by atoms with Crippen LogP contribution < -0.4 is 5.32 Å². The van der Waals surface area contributed by atoms with Crippen molar-refractivity contribution >= 4 is 11.3 Å². The summed E-state index contributed by atoms with van der Waals surface area (Å²) >= 11 is 1.89. The van der Waals surface area contributed by atoms with E-state index in [9.17, 15) is 0 Å². The molecule has 72 valence electrons. The van der Waals surface area contributed by atoms with E-state index >= 15 is 0 Å². The zero-order chi connectivity index (χ0) is 9.26. The molecule has 0 spiro atoms. The fourth-order valence-corrected chi connectivity index (χ4v) is 2.87. The molecule has 0 saturated carbocycles. The van der Waals surface area contributed by atoms with Crippen LogP contribution >= 0.6 is 11.3 Å². The van der Waals surface area contributed by atoms with Crippen molar-refractivity contribution in [1.82, 2.24) is 10.2 Å². The molecule has 1 aliphatic heterocycles. The Morgan fingerprint density at radius 2 is 2.46 bits per heavy atom. The first kappa shape index (κ1) is 9.19. The SMILES string of the molecule is CN(C)C[C@@H]1NCCc2ccsc21. The molecular formula is C10H16N2S. The second kappa shape index (κ2) is 3.78. The molecule has 1 N–H and O–H groups in total. The Balaban J connectivity index is 2.15. The van der Waals surface area contributed by atoms with Gasteiger partial charge in [0.1, 0.15) is 0 Å². The molecular weight excluding hydrogens is 180 g/mol. The van der Waals surface area contributed by atoms with Gasteiger partial charge in [0.25, 0.3) is 0 Å².